The highest BCUT2D eigenvalue weighted by molar-refractivity contribution is 5.94. The van der Waals surface area contributed by atoms with Crippen molar-refractivity contribution in [3.8, 4) is 0 Å². The van der Waals surface area contributed by atoms with E-state index in [2.05, 4.69) is 32.6 Å². The summed E-state index contributed by atoms with van der Waals surface area (Å²) < 4.78 is 0.864. The zero-order valence-corrected chi connectivity index (χ0v) is 14.5. The molecule has 1 rings (SSSR count). The normalized spacial score (nSPS) is 14.5. The zero-order valence-electron chi connectivity index (χ0n) is 13.7. The summed E-state index contributed by atoms with van der Waals surface area (Å²) in [6, 6.07) is 0. The molecule has 1 aliphatic rings. The summed E-state index contributed by atoms with van der Waals surface area (Å²) in [4.78, 5) is 25.1. The number of halogens is 1. The molecule has 0 aromatic carbocycles. The van der Waals surface area contributed by atoms with Crippen LogP contribution in [0, 0.1) is 0 Å². The van der Waals surface area contributed by atoms with Gasteiger partial charge in [-0.15, -0.1) is 0 Å². The number of likely N-dealkylation sites (tertiary alicyclic amines) is 1. The van der Waals surface area contributed by atoms with Crippen LogP contribution < -0.4 is 17.7 Å². The van der Waals surface area contributed by atoms with Gasteiger partial charge in [-0.3, -0.25) is 9.59 Å². The van der Waals surface area contributed by atoms with E-state index in [-0.39, 0.29) is 24.2 Å². The Morgan fingerprint density at radius 3 is 2.68 bits per heavy atom. The molecule has 0 aromatic rings. The van der Waals surface area contributed by atoms with Gasteiger partial charge in [0.1, 0.15) is 0 Å². The van der Waals surface area contributed by atoms with Crippen LogP contribution in [0.4, 0.5) is 0 Å². The van der Waals surface area contributed by atoms with Crippen molar-refractivity contribution >= 4 is 11.8 Å². The highest BCUT2D eigenvalue weighted by atomic mass is 35.5. The molecule has 0 saturated carbocycles. The van der Waals surface area contributed by atoms with Gasteiger partial charge in [0.15, 0.2) is 0 Å². The van der Waals surface area contributed by atoms with E-state index in [1.165, 1.54) is 0 Å². The number of carbonyl (C=O) groups is 2. The largest absolute Gasteiger partial charge is 1.00 e. The second kappa shape index (κ2) is 9.64. The van der Waals surface area contributed by atoms with Crippen LogP contribution in [0.1, 0.15) is 19.3 Å². The average Bonchev–Trinajstić information content (AvgIpc) is 2.80. The lowest BCUT2D eigenvalue weighted by molar-refractivity contribution is -0.884. The molecular weight excluding hydrogens is 302 g/mol. The van der Waals surface area contributed by atoms with Gasteiger partial charge in [0.2, 0.25) is 11.8 Å². The van der Waals surface area contributed by atoms with Gasteiger partial charge in [-0.1, -0.05) is 13.2 Å². The van der Waals surface area contributed by atoms with E-state index in [0.29, 0.717) is 25.1 Å². The lowest BCUT2D eigenvalue weighted by Crippen LogP contribution is -3.00. The molecule has 1 aliphatic heterocycles. The lowest BCUT2D eigenvalue weighted by atomic mass is 10.2. The quantitative estimate of drug-likeness (QED) is 0.229. The molecule has 0 unspecified atom stereocenters. The number of quaternary nitrogens is 1. The van der Waals surface area contributed by atoms with Gasteiger partial charge in [-0.25, -0.2) is 0 Å². The van der Waals surface area contributed by atoms with Crippen LogP contribution in [-0.2, 0) is 9.59 Å². The third-order valence-electron chi connectivity index (χ3n) is 3.72. The Morgan fingerprint density at radius 1 is 1.45 bits per heavy atom. The summed E-state index contributed by atoms with van der Waals surface area (Å²) in [5.41, 5.74) is 0.463. The number of amides is 2. The van der Waals surface area contributed by atoms with Gasteiger partial charge in [0.05, 0.1) is 33.7 Å². The summed E-state index contributed by atoms with van der Waals surface area (Å²) in [6.45, 7) is 11.1. The predicted molar refractivity (Wildman–Crippen MR) is 84.6 cm³/mol. The fourth-order valence-electron chi connectivity index (χ4n) is 2.45. The smallest absolute Gasteiger partial charge is 0.248 e. The molecular formula is C16H28ClN3O2. The van der Waals surface area contributed by atoms with Gasteiger partial charge in [-0.05, 0) is 12.5 Å². The predicted octanol–water partition coefficient (Wildman–Crippen LogP) is -2.06. The van der Waals surface area contributed by atoms with Crippen molar-refractivity contribution in [1.82, 2.24) is 10.2 Å². The topological polar surface area (TPSA) is 49.4 Å². The second-order valence-electron chi connectivity index (χ2n) is 6.26. The van der Waals surface area contributed by atoms with Crippen molar-refractivity contribution in [3.05, 3.63) is 24.8 Å². The van der Waals surface area contributed by atoms with E-state index in [0.717, 1.165) is 37.0 Å². The van der Waals surface area contributed by atoms with E-state index in [1.807, 2.05) is 6.08 Å². The van der Waals surface area contributed by atoms with Crippen molar-refractivity contribution in [2.75, 3.05) is 46.8 Å². The van der Waals surface area contributed by atoms with E-state index < -0.39 is 0 Å². The van der Waals surface area contributed by atoms with Crippen molar-refractivity contribution in [1.29, 1.82) is 0 Å². The summed E-state index contributed by atoms with van der Waals surface area (Å²) in [7, 11) is 4.28. The van der Waals surface area contributed by atoms with Crippen LogP contribution in [0.5, 0.6) is 0 Å². The summed E-state index contributed by atoms with van der Waals surface area (Å²) in [5.74, 6) is -0.0313. The molecule has 0 spiro atoms. The molecule has 22 heavy (non-hydrogen) atoms. The molecule has 1 heterocycles. The van der Waals surface area contributed by atoms with Crippen molar-refractivity contribution in [2.24, 2.45) is 0 Å². The molecule has 0 atom stereocenters. The first-order valence-corrected chi connectivity index (χ1v) is 7.52. The maximum Gasteiger partial charge on any atom is 0.248 e. The number of likely N-dealkylation sites (N-methyl/N-ethyl adjacent to an activating group) is 1. The number of carbonyl (C=O) groups excluding carboxylic acids is 2. The SMILES string of the molecule is C=CC[N+](C)(C)CCCNC(=O)C(=C)CN1CCCC1=O.[Cl-]. The summed E-state index contributed by atoms with van der Waals surface area (Å²) in [6.07, 6.45) is 4.28. The number of rotatable bonds is 9. The Morgan fingerprint density at radius 2 is 2.14 bits per heavy atom. The van der Waals surface area contributed by atoms with Crippen molar-refractivity contribution in [3.63, 3.8) is 0 Å². The molecule has 2 amide bonds. The van der Waals surface area contributed by atoms with Gasteiger partial charge < -0.3 is 27.1 Å². The Balaban J connectivity index is 0.00000441. The van der Waals surface area contributed by atoms with Crippen molar-refractivity contribution in [2.45, 2.75) is 19.3 Å². The van der Waals surface area contributed by atoms with E-state index in [4.69, 9.17) is 0 Å². The number of hydrogen-bond donors (Lipinski definition) is 1. The summed E-state index contributed by atoms with van der Waals surface area (Å²) in [5, 5.41) is 2.87. The molecule has 1 N–H and O–H groups in total. The molecule has 6 heteroatoms. The Hall–Kier alpha value is -1.33. The van der Waals surface area contributed by atoms with Crippen LogP contribution >= 0.6 is 0 Å². The Kier molecular flexibility index (Phi) is 9.06. The van der Waals surface area contributed by atoms with Gasteiger partial charge >= 0.3 is 0 Å². The van der Waals surface area contributed by atoms with Gasteiger partial charge in [0.25, 0.3) is 0 Å². The fourth-order valence-corrected chi connectivity index (χ4v) is 2.45. The molecule has 5 nitrogen and oxygen atoms in total. The lowest BCUT2D eigenvalue weighted by Gasteiger charge is -2.28. The standard InChI is InChI=1S/C16H27N3O2.ClH/c1-5-11-19(3,4)12-7-9-17-16(21)14(2)13-18-10-6-8-15(18)20;/h5H,1-2,6-13H2,3-4H3;1H. The van der Waals surface area contributed by atoms with Crippen LogP contribution in [0.15, 0.2) is 24.8 Å². The molecule has 0 aliphatic carbocycles. The highest BCUT2D eigenvalue weighted by Gasteiger charge is 2.22. The molecule has 0 bridgehead atoms. The van der Waals surface area contributed by atoms with Gasteiger partial charge in [-0.2, -0.15) is 0 Å². The van der Waals surface area contributed by atoms with Crippen LogP contribution in [-0.4, -0.2) is 68.0 Å². The maximum atomic E-state index is 11.9. The fraction of sp³-hybridized carbons (Fsp3) is 0.625. The third-order valence-corrected chi connectivity index (χ3v) is 3.72. The second-order valence-corrected chi connectivity index (χ2v) is 6.26. The van der Waals surface area contributed by atoms with E-state index >= 15 is 0 Å². The molecule has 126 valence electrons. The maximum absolute atomic E-state index is 11.9. The first-order chi connectivity index (χ1) is 9.85. The first kappa shape index (κ1) is 20.7. The third kappa shape index (κ3) is 7.09. The highest BCUT2D eigenvalue weighted by Crippen LogP contribution is 2.11. The van der Waals surface area contributed by atoms with Gasteiger partial charge in [0, 0.05) is 31.5 Å². The van der Waals surface area contributed by atoms with Crippen LogP contribution in [0.2, 0.25) is 0 Å². The molecule has 0 aromatic heterocycles. The number of nitrogens with zero attached hydrogens (tertiary/aromatic N) is 2. The minimum Gasteiger partial charge on any atom is -1.00 e. The monoisotopic (exact) mass is 329 g/mol. The van der Waals surface area contributed by atoms with Crippen LogP contribution in [0.25, 0.3) is 0 Å². The Labute approximate surface area is 140 Å². The zero-order chi connectivity index (χ0) is 15.9. The average molecular weight is 330 g/mol. The van der Waals surface area contributed by atoms with E-state index in [1.54, 1.807) is 4.90 Å². The Bertz CT molecular complexity index is 422. The molecule has 1 saturated heterocycles. The molecule has 1 fully saturated rings. The minimum atomic E-state index is -0.149. The molecule has 0 radical (unpaired) electrons. The van der Waals surface area contributed by atoms with E-state index in [9.17, 15) is 9.59 Å². The first-order valence-electron chi connectivity index (χ1n) is 7.52. The van der Waals surface area contributed by atoms with Crippen LogP contribution in [0.3, 0.4) is 0 Å². The summed E-state index contributed by atoms with van der Waals surface area (Å²) >= 11 is 0. The number of hydrogen-bond acceptors (Lipinski definition) is 2. The minimum absolute atomic E-state index is 0. The number of nitrogens with one attached hydrogen (secondary N) is 1. The van der Waals surface area contributed by atoms with Crippen molar-refractivity contribution < 1.29 is 26.5 Å².